The second-order valence-electron chi connectivity index (χ2n) is 9.94. The number of hydrogen-bond donors (Lipinski definition) is 1. The maximum atomic E-state index is 12.6. The zero-order chi connectivity index (χ0) is 22.5. The van der Waals surface area contributed by atoms with E-state index in [0.29, 0.717) is 12.5 Å². The van der Waals surface area contributed by atoms with E-state index in [-0.39, 0.29) is 11.8 Å². The lowest BCUT2D eigenvalue weighted by Gasteiger charge is -2.28. The predicted molar refractivity (Wildman–Crippen MR) is 126 cm³/mol. The summed E-state index contributed by atoms with van der Waals surface area (Å²) in [5.74, 6) is 2.82. The molecule has 1 unspecified atom stereocenters. The molecule has 0 bridgehead atoms. The predicted octanol–water partition coefficient (Wildman–Crippen LogP) is 2.49. The van der Waals surface area contributed by atoms with E-state index in [4.69, 9.17) is 0 Å². The van der Waals surface area contributed by atoms with E-state index >= 15 is 0 Å². The molecule has 0 saturated carbocycles. The first-order chi connectivity index (χ1) is 15.5. The van der Waals surface area contributed by atoms with Crippen LogP contribution in [0.2, 0.25) is 0 Å². The Bertz CT molecular complexity index is 890. The molecule has 32 heavy (non-hydrogen) atoms. The van der Waals surface area contributed by atoms with E-state index in [1.54, 1.807) is 0 Å². The fraction of sp³-hybridized carbons (Fsp3) is 0.640. The second kappa shape index (κ2) is 10.6. The van der Waals surface area contributed by atoms with Crippen molar-refractivity contribution < 1.29 is 4.79 Å². The van der Waals surface area contributed by atoms with Crippen molar-refractivity contribution in [3.63, 3.8) is 0 Å². The van der Waals surface area contributed by atoms with Crippen molar-refractivity contribution in [2.24, 2.45) is 11.8 Å². The van der Waals surface area contributed by atoms with Gasteiger partial charge in [-0.15, -0.1) is 10.2 Å². The molecule has 1 fully saturated rings. The third-order valence-electron chi connectivity index (χ3n) is 6.68. The lowest BCUT2D eigenvalue weighted by molar-refractivity contribution is -0.126. The van der Waals surface area contributed by atoms with E-state index in [9.17, 15) is 4.79 Å². The van der Waals surface area contributed by atoms with Gasteiger partial charge in [-0.25, -0.2) is 0 Å². The zero-order valence-electron chi connectivity index (χ0n) is 19.9. The van der Waals surface area contributed by atoms with Crippen LogP contribution in [0.15, 0.2) is 24.3 Å². The van der Waals surface area contributed by atoms with Crippen molar-refractivity contribution in [2.75, 3.05) is 33.2 Å². The van der Waals surface area contributed by atoms with Crippen LogP contribution in [0.1, 0.15) is 49.5 Å². The number of benzene rings is 1. The number of likely N-dealkylation sites (tertiary alicyclic amines) is 1. The van der Waals surface area contributed by atoms with E-state index in [0.717, 1.165) is 76.6 Å². The highest BCUT2D eigenvalue weighted by Gasteiger charge is 2.25. The molecule has 7 heteroatoms. The van der Waals surface area contributed by atoms with Crippen molar-refractivity contribution in [1.82, 2.24) is 29.9 Å². The van der Waals surface area contributed by atoms with Crippen molar-refractivity contribution in [1.29, 1.82) is 0 Å². The van der Waals surface area contributed by atoms with Crippen LogP contribution in [0.5, 0.6) is 0 Å². The molecule has 0 aliphatic carbocycles. The monoisotopic (exact) mass is 438 g/mol. The van der Waals surface area contributed by atoms with Gasteiger partial charge in [-0.2, -0.15) is 0 Å². The lowest BCUT2D eigenvalue weighted by atomic mass is 9.98. The molecular formula is C25H38N6O. The van der Waals surface area contributed by atoms with Gasteiger partial charge in [0.15, 0.2) is 5.82 Å². The lowest BCUT2D eigenvalue weighted by Crippen LogP contribution is -2.41. The van der Waals surface area contributed by atoms with Crippen LogP contribution < -0.4 is 5.32 Å². The summed E-state index contributed by atoms with van der Waals surface area (Å²) in [6.07, 6.45) is 4.08. The summed E-state index contributed by atoms with van der Waals surface area (Å²) >= 11 is 0. The average Bonchev–Trinajstić information content (AvgIpc) is 3.05. The number of nitrogens with zero attached hydrogens (tertiary/aromatic N) is 5. The number of rotatable bonds is 7. The minimum absolute atomic E-state index is 0.0858. The van der Waals surface area contributed by atoms with E-state index in [1.807, 2.05) is 0 Å². The van der Waals surface area contributed by atoms with Crippen molar-refractivity contribution in [3.05, 3.63) is 47.0 Å². The molecular weight excluding hydrogens is 400 g/mol. The van der Waals surface area contributed by atoms with Gasteiger partial charge in [-0.1, -0.05) is 38.1 Å². The Morgan fingerprint density at radius 2 is 1.88 bits per heavy atom. The molecule has 0 spiro atoms. The first kappa shape index (κ1) is 22.9. The highest BCUT2D eigenvalue weighted by molar-refractivity contribution is 5.78. The molecule has 7 nitrogen and oxygen atoms in total. The van der Waals surface area contributed by atoms with Gasteiger partial charge in [0.25, 0.3) is 0 Å². The van der Waals surface area contributed by atoms with Crippen LogP contribution in [0.25, 0.3) is 0 Å². The molecule has 2 aromatic rings. The summed E-state index contributed by atoms with van der Waals surface area (Å²) in [7, 11) is 2.09. The van der Waals surface area contributed by atoms with Gasteiger partial charge >= 0.3 is 0 Å². The Morgan fingerprint density at radius 1 is 1.09 bits per heavy atom. The molecule has 1 aromatic carbocycles. The van der Waals surface area contributed by atoms with E-state index < -0.39 is 0 Å². The molecule has 3 heterocycles. The SMILES string of the molecule is CC(C)Cc1ccc(CN2CCc3nnc(CNC(=O)C4CCCN(C)C4)n3CC2)cc1. The van der Waals surface area contributed by atoms with Crippen molar-refractivity contribution in [3.8, 4) is 0 Å². The van der Waals surface area contributed by atoms with Gasteiger partial charge in [0.2, 0.25) is 5.91 Å². The van der Waals surface area contributed by atoms with Gasteiger partial charge in [-0.3, -0.25) is 9.69 Å². The Kier molecular flexibility index (Phi) is 7.58. The Morgan fingerprint density at radius 3 is 2.62 bits per heavy atom. The first-order valence-electron chi connectivity index (χ1n) is 12.2. The van der Waals surface area contributed by atoms with Gasteiger partial charge in [0.05, 0.1) is 12.5 Å². The molecule has 1 saturated heterocycles. The number of hydrogen-bond acceptors (Lipinski definition) is 5. The van der Waals surface area contributed by atoms with E-state index in [1.165, 1.54) is 11.1 Å². The fourth-order valence-electron chi connectivity index (χ4n) is 4.92. The summed E-state index contributed by atoms with van der Waals surface area (Å²) in [6.45, 7) is 10.7. The summed E-state index contributed by atoms with van der Waals surface area (Å²) in [4.78, 5) is 17.3. The summed E-state index contributed by atoms with van der Waals surface area (Å²) in [6, 6.07) is 9.08. The third-order valence-corrected chi connectivity index (χ3v) is 6.68. The maximum Gasteiger partial charge on any atom is 0.224 e. The topological polar surface area (TPSA) is 66.3 Å². The summed E-state index contributed by atoms with van der Waals surface area (Å²) in [5, 5.41) is 11.9. The normalized spacial score (nSPS) is 20.2. The number of nitrogens with one attached hydrogen (secondary N) is 1. The molecule has 1 N–H and O–H groups in total. The van der Waals surface area contributed by atoms with Crippen LogP contribution in [0.3, 0.4) is 0 Å². The number of carbonyl (C=O) groups excluding carboxylic acids is 1. The fourth-order valence-corrected chi connectivity index (χ4v) is 4.92. The smallest absolute Gasteiger partial charge is 0.224 e. The molecule has 2 aliphatic rings. The number of amides is 1. The standard InChI is InChI=1S/C25H38N6O/c1-19(2)15-20-6-8-21(9-7-20)17-30-12-10-23-27-28-24(31(23)14-13-30)16-26-25(32)22-5-4-11-29(3)18-22/h6-9,19,22H,4-5,10-18H2,1-3H3,(H,26,32). The third kappa shape index (κ3) is 5.95. The van der Waals surface area contributed by atoms with Crippen LogP contribution >= 0.6 is 0 Å². The Labute approximate surface area is 192 Å². The zero-order valence-corrected chi connectivity index (χ0v) is 19.9. The van der Waals surface area contributed by atoms with Crippen LogP contribution in [-0.4, -0.2) is 63.7 Å². The number of carbonyl (C=O) groups is 1. The van der Waals surface area contributed by atoms with Gasteiger partial charge < -0.3 is 14.8 Å². The maximum absolute atomic E-state index is 12.6. The quantitative estimate of drug-likeness (QED) is 0.720. The van der Waals surface area contributed by atoms with E-state index in [2.05, 4.69) is 75.0 Å². The number of fused-ring (bicyclic) bond motifs is 1. The van der Waals surface area contributed by atoms with Gasteiger partial charge in [0.1, 0.15) is 5.82 Å². The highest BCUT2D eigenvalue weighted by atomic mass is 16.1. The Hall–Kier alpha value is -2.25. The Balaban J connectivity index is 1.29. The number of piperidine rings is 1. The summed E-state index contributed by atoms with van der Waals surface area (Å²) in [5.41, 5.74) is 2.78. The molecule has 174 valence electrons. The second-order valence-corrected chi connectivity index (χ2v) is 9.94. The van der Waals surface area contributed by atoms with Crippen LogP contribution in [-0.2, 0) is 37.3 Å². The summed E-state index contributed by atoms with van der Waals surface area (Å²) < 4.78 is 2.21. The van der Waals surface area contributed by atoms with Crippen LogP contribution in [0, 0.1) is 11.8 Å². The molecule has 1 amide bonds. The molecule has 1 aromatic heterocycles. The van der Waals surface area contributed by atoms with Gasteiger partial charge in [-0.05, 0) is 49.9 Å². The van der Waals surface area contributed by atoms with Crippen molar-refractivity contribution >= 4 is 5.91 Å². The molecule has 4 rings (SSSR count). The average molecular weight is 439 g/mol. The number of aromatic nitrogens is 3. The minimum atomic E-state index is 0.0858. The molecule has 1 atom stereocenters. The largest absolute Gasteiger partial charge is 0.349 e. The molecule has 2 aliphatic heterocycles. The highest BCUT2D eigenvalue weighted by Crippen LogP contribution is 2.17. The first-order valence-corrected chi connectivity index (χ1v) is 12.2. The minimum Gasteiger partial charge on any atom is -0.349 e. The molecule has 0 radical (unpaired) electrons. The van der Waals surface area contributed by atoms with Crippen LogP contribution in [0.4, 0.5) is 0 Å². The van der Waals surface area contributed by atoms with Crippen molar-refractivity contribution in [2.45, 2.75) is 59.2 Å². The van der Waals surface area contributed by atoms with Gasteiger partial charge in [0, 0.05) is 39.1 Å².